The van der Waals surface area contributed by atoms with Gasteiger partial charge in [0.2, 0.25) is 5.43 Å². The van der Waals surface area contributed by atoms with Crippen LogP contribution >= 0.6 is 11.7 Å². The lowest BCUT2D eigenvalue weighted by atomic mass is 10.0. The molecule has 7 rings (SSSR count). The summed E-state index contributed by atoms with van der Waals surface area (Å²) in [6, 6.07) is 26.1. The monoisotopic (exact) mass is 601 g/mol. The summed E-state index contributed by atoms with van der Waals surface area (Å²) in [7, 11) is 0. The van der Waals surface area contributed by atoms with E-state index in [0.717, 1.165) is 40.4 Å². The van der Waals surface area contributed by atoms with Gasteiger partial charge >= 0.3 is 0 Å². The fraction of sp³-hybridized carbons (Fsp3) is 0.0588. The van der Waals surface area contributed by atoms with Gasteiger partial charge in [-0.2, -0.15) is 8.75 Å². The summed E-state index contributed by atoms with van der Waals surface area (Å²) in [5.74, 6) is -2.01. The van der Waals surface area contributed by atoms with Crippen LogP contribution in [0.2, 0.25) is 0 Å². The molecule has 0 fully saturated rings. The molecule has 5 aromatic carbocycles. The summed E-state index contributed by atoms with van der Waals surface area (Å²) in [6.45, 7) is 4.11. The fourth-order valence-electron chi connectivity index (χ4n) is 5.23. The fourth-order valence-corrected chi connectivity index (χ4v) is 5.79. The van der Waals surface area contributed by atoms with Gasteiger partial charge in [0.15, 0.2) is 5.82 Å². The summed E-state index contributed by atoms with van der Waals surface area (Å²) < 4.78 is 37.1. The molecule has 0 saturated heterocycles. The van der Waals surface area contributed by atoms with Crippen LogP contribution in [0.5, 0.6) is 0 Å². The van der Waals surface area contributed by atoms with E-state index in [0.29, 0.717) is 22.7 Å². The molecule has 0 aliphatic rings. The van der Waals surface area contributed by atoms with Gasteiger partial charge in [-0.05, 0) is 61.9 Å². The molecule has 0 unspecified atom stereocenters. The Bertz CT molecular complexity index is 2320. The zero-order chi connectivity index (χ0) is 30.5. The molecular formula is C34H21F2N5O2S. The minimum absolute atomic E-state index is 0.0210. The Kier molecular flexibility index (Phi) is 6.63. The van der Waals surface area contributed by atoms with Crippen LogP contribution in [0.3, 0.4) is 0 Å². The predicted octanol–water partition coefficient (Wildman–Crippen LogP) is 7.10. The predicted molar refractivity (Wildman–Crippen MR) is 169 cm³/mol. The van der Waals surface area contributed by atoms with Crippen molar-refractivity contribution in [3.63, 3.8) is 0 Å². The van der Waals surface area contributed by atoms with Crippen molar-refractivity contribution in [3.05, 3.63) is 140 Å². The molecule has 0 atom stereocenters. The lowest BCUT2D eigenvalue weighted by Gasteiger charge is -2.26. The van der Waals surface area contributed by atoms with Crippen molar-refractivity contribution in [1.29, 1.82) is 0 Å². The van der Waals surface area contributed by atoms with E-state index in [1.54, 1.807) is 6.20 Å². The Morgan fingerprint density at radius 2 is 1.30 bits per heavy atom. The van der Waals surface area contributed by atoms with Crippen molar-refractivity contribution in [2.24, 2.45) is 4.99 Å². The van der Waals surface area contributed by atoms with Crippen LogP contribution in [-0.4, -0.2) is 13.7 Å². The minimum Gasteiger partial charge on any atom is -0.311 e. The maximum Gasteiger partial charge on any atom is 0.252 e. The van der Waals surface area contributed by atoms with Gasteiger partial charge in [0.05, 0.1) is 17.1 Å². The molecule has 0 aliphatic heterocycles. The van der Waals surface area contributed by atoms with Crippen LogP contribution in [0.25, 0.3) is 32.9 Å². The van der Waals surface area contributed by atoms with Crippen LogP contribution in [0.1, 0.15) is 11.1 Å². The number of hydrogen-bond donors (Lipinski definition) is 0. The topological polar surface area (TPSA) is 88.4 Å². The lowest BCUT2D eigenvalue weighted by molar-refractivity contribution is 0.592. The Morgan fingerprint density at radius 1 is 0.727 bits per heavy atom. The number of aromatic nitrogens is 3. The highest BCUT2D eigenvalue weighted by molar-refractivity contribution is 7.00. The third-order valence-corrected chi connectivity index (χ3v) is 8.00. The van der Waals surface area contributed by atoms with Crippen LogP contribution in [0.4, 0.5) is 31.7 Å². The Labute approximate surface area is 253 Å². The SMILES string of the molecule is Cc1ccc(N(c2ccc(C)cc2)c2ccc(-c3cnc(N=c4c(=O)c(=O)c5c(F)cc(F)cc45)c4nsnc34)cc2)cc1. The summed E-state index contributed by atoms with van der Waals surface area (Å²) in [6.07, 6.45) is 1.56. The van der Waals surface area contributed by atoms with Crippen molar-refractivity contribution in [3.8, 4) is 11.1 Å². The number of aryl methyl sites for hydroxylation is 2. The summed E-state index contributed by atoms with van der Waals surface area (Å²) in [5.41, 5.74) is 5.52. The van der Waals surface area contributed by atoms with E-state index in [4.69, 9.17) is 0 Å². The standard InChI is InChI=1S/C34H21F2N5O2S/c1-18-3-9-22(10-4-18)41(23-11-5-19(2)6-12-23)24-13-7-20(8-14-24)26-17-37-34(31-29(26)39-44-40-31)38-30-25-15-21(35)16-27(36)28(25)32(42)33(30)43/h3-17H,1-2H3. The maximum absolute atomic E-state index is 14.3. The van der Waals surface area contributed by atoms with Gasteiger partial charge in [0, 0.05) is 40.3 Å². The van der Waals surface area contributed by atoms with Crippen LogP contribution < -0.4 is 21.1 Å². The van der Waals surface area contributed by atoms with Crippen molar-refractivity contribution >= 4 is 56.4 Å². The van der Waals surface area contributed by atoms with Crippen molar-refractivity contribution in [1.82, 2.24) is 13.7 Å². The molecule has 0 saturated carbocycles. The zero-order valence-electron chi connectivity index (χ0n) is 23.4. The van der Waals surface area contributed by atoms with Crippen LogP contribution in [0.15, 0.2) is 106 Å². The highest BCUT2D eigenvalue weighted by atomic mass is 32.1. The molecule has 44 heavy (non-hydrogen) atoms. The van der Waals surface area contributed by atoms with Gasteiger partial charge in [-0.1, -0.05) is 47.5 Å². The second-order valence-electron chi connectivity index (χ2n) is 10.4. The molecule has 0 radical (unpaired) electrons. The Morgan fingerprint density at radius 3 is 1.91 bits per heavy atom. The van der Waals surface area contributed by atoms with Crippen LogP contribution in [0, 0.1) is 25.5 Å². The second kappa shape index (κ2) is 10.7. The quantitative estimate of drug-likeness (QED) is 0.196. The Hall–Kier alpha value is -5.48. The average Bonchev–Trinajstić information content (AvgIpc) is 3.60. The molecule has 10 heteroatoms. The first kappa shape index (κ1) is 27.4. The first-order valence-corrected chi connectivity index (χ1v) is 14.3. The van der Waals surface area contributed by atoms with Gasteiger partial charge in [-0.3, -0.25) is 9.59 Å². The number of nitrogens with zero attached hydrogens (tertiary/aromatic N) is 5. The molecular weight excluding hydrogens is 580 g/mol. The van der Waals surface area contributed by atoms with Gasteiger partial charge in [-0.25, -0.2) is 18.8 Å². The molecule has 0 bridgehead atoms. The van der Waals surface area contributed by atoms with E-state index >= 15 is 0 Å². The van der Waals surface area contributed by atoms with E-state index in [1.165, 1.54) is 11.1 Å². The third kappa shape index (κ3) is 4.65. The van der Waals surface area contributed by atoms with Gasteiger partial charge in [-0.15, -0.1) is 0 Å². The summed E-state index contributed by atoms with van der Waals surface area (Å²) in [5, 5.41) is -1.08. The highest BCUT2D eigenvalue weighted by Gasteiger charge is 2.19. The molecule has 0 amide bonds. The molecule has 7 aromatic rings. The molecule has 2 aromatic heterocycles. The molecule has 214 valence electrons. The Balaban J connectivity index is 1.31. The number of hydrogen-bond acceptors (Lipinski definition) is 8. The third-order valence-electron chi connectivity index (χ3n) is 7.47. The minimum atomic E-state index is -1.11. The summed E-state index contributed by atoms with van der Waals surface area (Å²) >= 11 is 0.941. The lowest BCUT2D eigenvalue weighted by Crippen LogP contribution is -2.30. The number of benzene rings is 4. The molecule has 7 nitrogen and oxygen atoms in total. The van der Waals surface area contributed by atoms with Gasteiger partial charge < -0.3 is 4.90 Å². The highest BCUT2D eigenvalue weighted by Crippen LogP contribution is 2.37. The van der Waals surface area contributed by atoms with E-state index in [9.17, 15) is 18.4 Å². The largest absolute Gasteiger partial charge is 0.311 e. The first-order valence-electron chi connectivity index (χ1n) is 13.6. The first-order chi connectivity index (χ1) is 21.3. The number of rotatable bonds is 5. The number of pyridine rings is 1. The van der Waals surface area contributed by atoms with Crippen molar-refractivity contribution < 1.29 is 8.78 Å². The molecule has 0 N–H and O–H groups in total. The summed E-state index contributed by atoms with van der Waals surface area (Å²) in [4.78, 5) is 36.0. The van der Waals surface area contributed by atoms with Crippen molar-refractivity contribution in [2.45, 2.75) is 13.8 Å². The molecule has 0 spiro atoms. The van der Waals surface area contributed by atoms with Gasteiger partial charge in [0.1, 0.15) is 28.0 Å². The second-order valence-corrected chi connectivity index (χ2v) is 11.0. The van der Waals surface area contributed by atoms with Gasteiger partial charge in [0.25, 0.3) is 5.43 Å². The number of halogens is 2. The van der Waals surface area contributed by atoms with E-state index in [-0.39, 0.29) is 16.6 Å². The zero-order valence-corrected chi connectivity index (χ0v) is 24.2. The van der Waals surface area contributed by atoms with Crippen LogP contribution in [-0.2, 0) is 0 Å². The molecule has 0 aliphatic carbocycles. The van der Waals surface area contributed by atoms with E-state index in [1.807, 2.05) is 24.3 Å². The maximum atomic E-state index is 14.3. The number of fused-ring (bicyclic) bond motifs is 2. The van der Waals surface area contributed by atoms with E-state index < -0.39 is 27.9 Å². The van der Waals surface area contributed by atoms with E-state index in [2.05, 4.69) is 86.0 Å². The average molecular weight is 602 g/mol. The smallest absolute Gasteiger partial charge is 0.252 e. The number of anilines is 3. The van der Waals surface area contributed by atoms with Crippen molar-refractivity contribution in [2.75, 3.05) is 4.90 Å². The molecule has 2 heterocycles. The normalized spacial score (nSPS) is 12.0.